The van der Waals surface area contributed by atoms with Crippen LogP contribution in [0.3, 0.4) is 0 Å². The smallest absolute Gasteiger partial charge is 0.227 e. The van der Waals surface area contributed by atoms with Gasteiger partial charge >= 0.3 is 0 Å². The molecular weight excluding hydrogens is 270 g/mol. The van der Waals surface area contributed by atoms with E-state index in [-0.39, 0.29) is 0 Å². The number of aromatic nitrogens is 2. The van der Waals surface area contributed by atoms with Gasteiger partial charge in [0.15, 0.2) is 0 Å². The van der Waals surface area contributed by atoms with Gasteiger partial charge in [-0.05, 0) is 43.7 Å². The molecule has 0 spiro atoms. The molecule has 2 aromatic heterocycles. The molecule has 3 rings (SSSR count). The molecule has 2 atom stereocenters. The molecule has 20 heavy (non-hydrogen) atoms. The summed E-state index contributed by atoms with van der Waals surface area (Å²) in [6, 6.07) is 0.585. The summed E-state index contributed by atoms with van der Waals surface area (Å²) in [5, 5.41) is 11.8. The maximum absolute atomic E-state index is 5.45. The van der Waals surface area contributed by atoms with Crippen molar-refractivity contribution in [1.29, 1.82) is 0 Å². The van der Waals surface area contributed by atoms with E-state index in [4.69, 9.17) is 4.52 Å². The van der Waals surface area contributed by atoms with E-state index >= 15 is 0 Å². The number of hydrogen-bond donors (Lipinski definition) is 1. The zero-order chi connectivity index (χ0) is 13.9. The van der Waals surface area contributed by atoms with Crippen molar-refractivity contribution in [2.45, 2.75) is 45.1 Å². The molecule has 0 saturated heterocycles. The minimum Gasteiger partial charge on any atom is -0.339 e. The number of rotatable bonds is 4. The lowest BCUT2D eigenvalue weighted by molar-refractivity contribution is 0.248. The van der Waals surface area contributed by atoms with E-state index in [1.807, 2.05) is 0 Å². The molecule has 1 aliphatic rings. The molecule has 0 bridgehead atoms. The lowest BCUT2D eigenvalue weighted by Crippen LogP contribution is -2.37. The maximum Gasteiger partial charge on any atom is 0.227 e. The standard InChI is InChI=1S/C15H21N3OS/c1-10-8-20-9-12(10)15-17-14(19-18-15)7-11-5-3-4-6-13(11)16-2/h8-9,11,13,16H,3-7H2,1-2H3. The fourth-order valence-corrected chi connectivity index (χ4v) is 3.92. The highest BCUT2D eigenvalue weighted by atomic mass is 32.1. The Bertz CT molecular complexity index is 563. The van der Waals surface area contributed by atoms with Crippen molar-refractivity contribution >= 4 is 11.3 Å². The van der Waals surface area contributed by atoms with Crippen molar-refractivity contribution in [2.75, 3.05) is 7.05 Å². The number of thiophene rings is 1. The monoisotopic (exact) mass is 291 g/mol. The summed E-state index contributed by atoms with van der Waals surface area (Å²) in [7, 11) is 2.05. The van der Waals surface area contributed by atoms with Gasteiger partial charge in [-0.2, -0.15) is 16.3 Å². The first-order valence-electron chi connectivity index (χ1n) is 7.31. The number of hydrogen-bond acceptors (Lipinski definition) is 5. The molecule has 2 aromatic rings. The molecule has 5 heteroatoms. The molecule has 1 saturated carbocycles. The van der Waals surface area contributed by atoms with Crippen LogP contribution in [0.25, 0.3) is 11.4 Å². The quantitative estimate of drug-likeness (QED) is 0.937. The van der Waals surface area contributed by atoms with Crippen LogP contribution in [0, 0.1) is 12.8 Å². The molecule has 1 aliphatic carbocycles. The Morgan fingerprint density at radius 2 is 2.20 bits per heavy atom. The summed E-state index contributed by atoms with van der Waals surface area (Å²) >= 11 is 1.68. The summed E-state index contributed by atoms with van der Waals surface area (Å²) in [5.74, 6) is 2.12. The first-order valence-corrected chi connectivity index (χ1v) is 8.25. The number of aryl methyl sites for hydroxylation is 1. The lowest BCUT2D eigenvalue weighted by atomic mass is 9.82. The number of nitrogens with zero attached hydrogens (tertiary/aromatic N) is 2. The average Bonchev–Trinajstić information content (AvgIpc) is 3.08. The third-order valence-electron chi connectivity index (χ3n) is 4.28. The van der Waals surface area contributed by atoms with Gasteiger partial charge in [0, 0.05) is 23.4 Å². The highest BCUT2D eigenvalue weighted by Crippen LogP contribution is 2.28. The maximum atomic E-state index is 5.45. The molecular formula is C15H21N3OS. The molecule has 0 aliphatic heterocycles. The SMILES string of the molecule is CNC1CCCCC1Cc1nc(-c2cscc2C)no1. The molecule has 4 nitrogen and oxygen atoms in total. The van der Waals surface area contributed by atoms with Crippen LogP contribution in [0.2, 0.25) is 0 Å². The summed E-state index contributed by atoms with van der Waals surface area (Å²) in [4.78, 5) is 4.58. The van der Waals surface area contributed by atoms with Crippen molar-refractivity contribution in [3.63, 3.8) is 0 Å². The molecule has 2 unspecified atom stereocenters. The van der Waals surface area contributed by atoms with E-state index in [9.17, 15) is 0 Å². The second-order valence-electron chi connectivity index (χ2n) is 5.62. The van der Waals surface area contributed by atoms with Gasteiger partial charge in [0.25, 0.3) is 0 Å². The van der Waals surface area contributed by atoms with Gasteiger partial charge in [-0.1, -0.05) is 18.0 Å². The Morgan fingerprint density at radius 1 is 1.35 bits per heavy atom. The van der Waals surface area contributed by atoms with E-state index < -0.39 is 0 Å². The average molecular weight is 291 g/mol. The predicted molar refractivity (Wildman–Crippen MR) is 80.9 cm³/mol. The van der Waals surface area contributed by atoms with Crippen LogP contribution in [-0.4, -0.2) is 23.2 Å². The molecule has 1 fully saturated rings. The van der Waals surface area contributed by atoms with Gasteiger partial charge in [0.05, 0.1) is 0 Å². The van der Waals surface area contributed by atoms with Gasteiger partial charge in [-0.25, -0.2) is 0 Å². The van der Waals surface area contributed by atoms with E-state index in [1.54, 1.807) is 11.3 Å². The lowest BCUT2D eigenvalue weighted by Gasteiger charge is -2.30. The summed E-state index contributed by atoms with van der Waals surface area (Å²) in [6.45, 7) is 2.08. The van der Waals surface area contributed by atoms with Crippen molar-refractivity contribution in [3.8, 4) is 11.4 Å². The van der Waals surface area contributed by atoms with Crippen LogP contribution in [-0.2, 0) is 6.42 Å². The van der Waals surface area contributed by atoms with Crippen molar-refractivity contribution in [2.24, 2.45) is 5.92 Å². The topological polar surface area (TPSA) is 51.0 Å². The third kappa shape index (κ3) is 2.79. The Balaban J connectivity index is 1.72. The molecule has 0 aromatic carbocycles. The zero-order valence-corrected chi connectivity index (χ0v) is 12.9. The summed E-state index contributed by atoms with van der Waals surface area (Å²) < 4.78 is 5.45. The van der Waals surface area contributed by atoms with Crippen LogP contribution < -0.4 is 5.32 Å². The largest absolute Gasteiger partial charge is 0.339 e. The van der Waals surface area contributed by atoms with E-state index in [2.05, 4.69) is 40.2 Å². The van der Waals surface area contributed by atoms with Crippen molar-refractivity contribution < 1.29 is 4.52 Å². The van der Waals surface area contributed by atoms with Crippen molar-refractivity contribution in [3.05, 3.63) is 22.2 Å². The molecule has 0 radical (unpaired) electrons. The Labute approximate surface area is 123 Å². The Morgan fingerprint density at radius 3 is 2.95 bits per heavy atom. The Kier molecular flexibility index (Phi) is 4.17. The minimum absolute atomic E-state index is 0.585. The van der Waals surface area contributed by atoms with Gasteiger partial charge < -0.3 is 9.84 Å². The molecule has 108 valence electrons. The first kappa shape index (κ1) is 13.8. The van der Waals surface area contributed by atoms with Crippen LogP contribution in [0.4, 0.5) is 0 Å². The summed E-state index contributed by atoms with van der Waals surface area (Å²) in [5.41, 5.74) is 2.31. The second-order valence-corrected chi connectivity index (χ2v) is 6.37. The van der Waals surface area contributed by atoms with Crippen LogP contribution in [0.15, 0.2) is 15.3 Å². The molecule has 1 N–H and O–H groups in total. The highest BCUT2D eigenvalue weighted by molar-refractivity contribution is 7.08. The van der Waals surface area contributed by atoms with Crippen LogP contribution in [0.1, 0.15) is 37.1 Å². The third-order valence-corrected chi connectivity index (χ3v) is 5.14. The summed E-state index contributed by atoms with van der Waals surface area (Å²) in [6.07, 6.45) is 6.03. The normalized spacial score (nSPS) is 23.1. The second kappa shape index (κ2) is 6.06. The first-order chi connectivity index (χ1) is 9.78. The van der Waals surface area contributed by atoms with E-state index in [0.717, 1.165) is 23.7 Å². The van der Waals surface area contributed by atoms with E-state index in [1.165, 1.54) is 31.2 Å². The zero-order valence-electron chi connectivity index (χ0n) is 12.1. The number of nitrogens with one attached hydrogen (secondary N) is 1. The minimum atomic E-state index is 0.585. The molecule has 2 heterocycles. The fraction of sp³-hybridized carbons (Fsp3) is 0.600. The van der Waals surface area contributed by atoms with Crippen LogP contribution in [0.5, 0.6) is 0 Å². The fourth-order valence-electron chi connectivity index (χ4n) is 3.09. The highest BCUT2D eigenvalue weighted by Gasteiger charge is 2.26. The van der Waals surface area contributed by atoms with Crippen LogP contribution >= 0.6 is 11.3 Å². The Hall–Kier alpha value is -1.20. The van der Waals surface area contributed by atoms with E-state index in [0.29, 0.717) is 12.0 Å². The predicted octanol–water partition coefficient (Wildman–Crippen LogP) is 3.43. The van der Waals surface area contributed by atoms with Gasteiger partial charge in [-0.15, -0.1) is 0 Å². The van der Waals surface area contributed by atoms with Gasteiger partial charge in [0.1, 0.15) is 0 Å². The van der Waals surface area contributed by atoms with Gasteiger partial charge in [-0.3, -0.25) is 0 Å². The molecule has 0 amide bonds. The van der Waals surface area contributed by atoms with Gasteiger partial charge in [0.2, 0.25) is 11.7 Å². The van der Waals surface area contributed by atoms with Crippen molar-refractivity contribution in [1.82, 2.24) is 15.5 Å².